The van der Waals surface area contributed by atoms with Crippen LogP contribution in [0.25, 0.3) is 16.4 Å². The Morgan fingerprint density at radius 1 is 1.09 bits per heavy atom. The Balaban J connectivity index is 0.00000228. The zero-order valence-corrected chi connectivity index (χ0v) is 22.7. The third-order valence-corrected chi connectivity index (χ3v) is 9.45. The smallest absolute Gasteiger partial charge is 0.400 e. The van der Waals surface area contributed by atoms with Gasteiger partial charge in [-0.1, -0.05) is 32.3 Å². The average Bonchev–Trinajstić information content (AvgIpc) is 3.15. The first-order valence-corrected chi connectivity index (χ1v) is 11.6. The molecular formula is C26H30BIrN2O3-. The average molecular weight is 622 g/mol. The summed E-state index contributed by atoms with van der Waals surface area (Å²) in [7, 11) is -0.479. The molecule has 0 N–H and O–H groups in total. The molecule has 1 aliphatic heterocycles. The Bertz CT molecular complexity index is 1360. The van der Waals surface area contributed by atoms with Crippen LogP contribution in [0.1, 0.15) is 78.5 Å². The van der Waals surface area contributed by atoms with Gasteiger partial charge in [0.2, 0.25) is 0 Å². The van der Waals surface area contributed by atoms with E-state index in [1.54, 1.807) is 0 Å². The van der Waals surface area contributed by atoms with Crippen molar-refractivity contribution in [1.82, 2.24) is 9.38 Å². The van der Waals surface area contributed by atoms with E-state index in [1.807, 2.05) is 12.1 Å². The quantitative estimate of drug-likeness (QED) is 0.233. The summed E-state index contributed by atoms with van der Waals surface area (Å²) in [5.41, 5.74) is 2.76. The predicted molar refractivity (Wildman–Crippen MR) is 127 cm³/mol. The van der Waals surface area contributed by atoms with Gasteiger partial charge in [0.1, 0.15) is 0 Å². The molecule has 3 heterocycles. The standard InChI is InChI=1S/C26H30BN2O3.Ir/c1-23(2)17-11-13-26(23,7)20-19(17)22(30)28-21-16-9-8-10-18(15(16)12-14-29(20)21)27-31-24(3,4)25(5,6)32-27;/h8,10,12,14,17H,11,13H2,1-7H3;/q-1;. The molecular weight excluding hydrogens is 591 g/mol. The molecule has 1 saturated heterocycles. The molecule has 0 amide bonds. The Kier molecular flexibility index (Phi) is 4.77. The van der Waals surface area contributed by atoms with Crippen LogP contribution in [0.2, 0.25) is 0 Å². The van der Waals surface area contributed by atoms with Crippen molar-refractivity contribution < 1.29 is 29.4 Å². The summed E-state index contributed by atoms with van der Waals surface area (Å²) in [6, 6.07) is 9.35. The van der Waals surface area contributed by atoms with Gasteiger partial charge in [-0.15, -0.1) is 29.0 Å². The summed E-state index contributed by atoms with van der Waals surface area (Å²) >= 11 is 0. The predicted octanol–water partition coefficient (Wildman–Crippen LogP) is 4.12. The summed E-state index contributed by atoms with van der Waals surface area (Å²) in [4.78, 5) is 17.9. The summed E-state index contributed by atoms with van der Waals surface area (Å²) in [6.45, 7) is 15.2. The van der Waals surface area contributed by atoms with Gasteiger partial charge >= 0.3 is 7.12 Å². The van der Waals surface area contributed by atoms with Crippen molar-refractivity contribution in [3.05, 3.63) is 52.1 Å². The van der Waals surface area contributed by atoms with E-state index in [1.165, 1.54) is 0 Å². The SMILES string of the molecule is CC1(C)OB(c2cc[c-]c3c2ccn2c4c(c(=O)nc32)C2CCC4(C)C2(C)C)OC1(C)C.[Ir]. The van der Waals surface area contributed by atoms with Crippen molar-refractivity contribution in [2.75, 3.05) is 0 Å². The number of benzene rings is 1. The van der Waals surface area contributed by atoms with Crippen molar-refractivity contribution >= 4 is 29.0 Å². The molecule has 2 bridgehead atoms. The number of hydrogen-bond acceptors (Lipinski definition) is 4. The summed E-state index contributed by atoms with van der Waals surface area (Å²) in [6.07, 6.45) is 4.23. The van der Waals surface area contributed by atoms with Crippen molar-refractivity contribution in [2.24, 2.45) is 5.41 Å². The molecule has 2 aromatic heterocycles. The minimum Gasteiger partial charge on any atom is -0.400 e. The van der Waals surface area contributed by atoms with Crippen LogP contribution in [0.3, 0.4) is 0 Å². The minimum atomic E-state index is -0.479. The maximum Gasteiger partial charge on any atom is 0.475 e. The van der Waals surface area contributed by atoms with E-state index in [4.69, 9.17) is 9.31 Å². The number of pyridine rings is 1. The minimum absolute atomic E-state index is 0. The zero-order chi connectivity index (χ0) is 22.8. The van der Waals surface area contributed by atoms with E-state index in [-0.39, 0.29) is 42.4 Å². The van der Waals surface area contributed by atoms with Crippen LogP contribution in [-0.2, 0) is 34.8 Å². The number of rotatable bonds is 1. The number of hydrogen-bond donors (Lipinski definition) is 0. The second kappa shape index (κ2) is 6.78. The second-order valence-electron chi connectivity index (χ2n) is 11.6. The van der Waals surface area contributed by atoms with Crippen molar-refractivity contribution in [3.63, 3.8) is 0 Å². The van der Waals surface area contributed by atoms with Gasteiger partial charge in [0, 0.05) is 36.8 Å². The molecule has 3 aromatic rings. The molecule has 0 spiro atoms. The molecule has 1 saturated carbocycles. The molecule has 6 rings (SSSR count). The van der Waals surface area contributed by atoms with Gasteiger partial charge in [0.05, 0.1) is 16.8 Å². The monoisotopic (exact) mass is 622 g/mol. The largest absolute Gasteiger partial charge is 0.475 e. The molecule has 1 radical (unpaired) electrons. The van der Waals surface area contributed by atoms with Crippen molar-refractivity contribution in [1.29, 1.82) is 0 Å². The molecule has 2 unspecified atom stereocenters. The maximum atomic E-state index is 13.3. The Labute approximate surface area is 208 Å². The number of aromatic nitrogens is 2. The van der Waals surface area contributed by atoms with Crippen LogP contribution in [0.5, 0.6) is 0 Å². The van der Waals surface area contributed by atoms with Gasteiger partial charge in [0.15, 0.2) is 0 Å². The molecule has 7 heteroatoms. The molecule has 5 nitrogen and oxygen atoms in total. The molecule has 175 valence electrons. The Morgan fingerprint density at radius 3 is 2.42 bits per heavy atom. The molecule has 33 heavy (non-hydrogen) atoms. The van der Waals surface area contributed by atoms with E-state index in [9.17, 15) is 4.79 Å². The van der Waals surface area contributed by atoms with E-state index in [0.29, 0.717) is 5.65 Å². The van der Waals surface area contributed by atoms with Gasteiger partial charge in [-0.05, 0) is 58.1 Å². The molecule has 2 fully saturated rings. The molecule has 2 aliphatic carbocycles. The topological polar surface area (TPSA) is 52.8 Å². The zero-order valence-electron chi connectivity index (χ0n) is 20.3. The van der Waals surface area contributed by atoms with E-state index >= 15 is 0 Å². The molecule has 2 atom stereocenters. The first-order valence-electron chi connectivity index (χ1n) is 11.6. The Hall–Kier alpha value is -1.53. The van der Waals surface area contributed by atoms with Gasteiger partial charge in [-0.3, -0.25) is 4.79 Å². The van der Waals surface area contributed by atoms with Gasteiger partial charge in [-0.2, -0.15) is 0 Å². The first kappa shape index (κ1) is 23.2. The maximum absolute atomic E-state index is 13.3. The summed E-state index contributed by atoms with van der Waals surface area (Å²) < 4.78 is 14.8. The third-order valence-electron chi connectivity index (χ3n) is 9.45. The summed E-state index contributed by atoms with van der Waals surface area (Å²) in [5.74, 6) is 0.273. The normalized spacial score (nSPS) is 28.3. The van der Waals surface area contributed by atoms with E-state index < -0.39 is 18.3 Å². The van der Waals surface area contributed by atoms with Crippen molar-refractivity contribution in [2.45, 2.75) is 83.8 Å². The number of fused-ring (bicyclic) bond motifs is 9. The molecule has 1 aromatic carbocycles. The first-order chi connectivity index (χ1) is 14.9. The van der Waals surface area contributed by atoms with Crippen LogP contribution in [0.4, 0.5) is 0 Å². The fourth-order valence-corrected chi connectivity index (χ4v) is 6.39. The van der Waals surface area contributed by atoms with Crippen LogP contribution in [0.15, 0.2) is 29.2 Å². The van der Waals surface area contributed by atoms with E-state index in [2.05, 4.69) is 76.2 Å². The number of nitrogens with zero attached hydrogens (tertiary/aromatic N) is 2. The third kappa shape index (κ3) is 2.71. The van der Waals surface area contributed by atoms with Gasteiger partial charge < -0.3 is 13.7 Å². The van der Waals surface area contributed by atoms with Gasteiger partial charge in [0.25, 0.3) is 5.56 Å². The fourth-order valence-electron chi connectivity index (χ4n) is 6.39. The van der Waals surface area contributed by atoms with Crippen molar-refractivity contribution in [3.8, 4) is 0 Å². The fraction of sp³-hybridized carbons (Fsp3) is 0.538. The summed E-state index contributed by atoms with van der Waals surface area (Å²) in [5, 5.41) is 1.80. The van der Waals surface area contributed by atoms with E-state index in [0.717, 1.165) is 40.3 Å². The molecule has 3 aliphatic rings. The van der Waals surface area contributed by atoms with Crippen LogP contribution < -0.4 is 11.0 Å². The Morgan fingerprint density at radius 2 is 1.76 bits per heavy atom. The van der Waals surface area contributed by atoms with Gasteiger partial charge in [-0.25, -0.2) is 4.98 Å². The van der Waals surface area contributed by atoms with Crippen LogP contribution >= 0.6 is 0 Å². The van der Waals surface area contributed by atoms with Crippen LogP contribution in [-0.4, -0.2) is 27.7 Å². The second-order valence-corrected chi connectivity index (χ2v) is 11.6. The van der Waals surface area contributed by atoms with Crippen LogP contribution in [0, 0.1) is 11.5 Å².